The van der Waals surface area contributed by atoms with E-state index >= 15 is 0 Å². The molecule has 2 aromatic rings. The van der Waals surface area contributed by atoms with Crippen LogP contribution in [0.3, 0.4) is 0 Å². The molecular weight excluding hydrogens is 470 g/mol. The summed E-state index contributed by atoms with van der Waals surface area (Å²) in [5.41, 5.74) is 0.995. The molecule has 1 saturated heterocycles. The van der Waals surface area contributed by atoms with E-state index in [9.17, 15) is 13.2 Å². The first kappa shape index (κ1) is 20.5. The molecule has 29 heavy (non-hydrogen) atoms. The molecule has 6 nitrogen and oxygen atoms in total. The number of carbonyl (C=O) groups excluding carboxylic acids is 1. The summed E-state index contributed by atoms with van der Waals surface area (Å²) in [6, 6.07) is 10.7. The van der Waals surface area contributed by atoms with Crippen molar-refractivity contribution < 1.29 is 13.2 Å². The molecule has 0 N–H and O–H groups in total. The Labute approximate surface area is 186 Å². The molecule has 2 aliphatic rings. The smallest absolute Gasteiger partial charge is 0.294 e. The summed E-state index contributed by atoms with van der Waals surface area (Å²) in [5, 5.41) is 0.851. The highest BCUT2D eigenvalue weighted by Gasteiger charge is 2.39. The lowest BCUT2D eigenvalue weighted by Crippen LogP contribution is -2.30. The quantitative estimate of drug-likeness (QED) is 0.467. The molecule has 150 valence electrons. The summed E-state index contributed by atoms with van der Waals surface area (Å²) < 4.78 is 29.7. The van der Waals surface area contributed by atoms with Gasteiger partial charge in [0.25, 0.3) is 15.9 Å². The summed E-state index contributed by atoms with van der Waals surface area (Å²) in [7, 11) is -2.10. The predicted molar refractivity (Wildman–Crippen MR) is 121 cm³/mol. The van der Waals surface area contributed by atoms with Gasteiger partial charge in [0, 0.05) is 18.5 Å². The predicted octanol–water partition coefficient (Wildman–Crippen LogP) is 4.62. The van der Waals surface area contributed by atoms with Gasteiger partial charge in [-0.25, -0.2) is 0 Å². The van der Waals surface area contributed by atoms with Gasteiger partial charge in [-0.1, -0.05) is 41.6 Å². The average Bonchev–Trinajstić information content (AvgIpc) is 3.35. The number of carbonyl (C=O) groups is 1. The van der Waals surface area contributed by atoms with Crippen LogP contribution < -0.4 is 4.90 Å². The zero-order chi connectivity index (χ0) is 20.8. The minimum Gasteiger partial charge on any atom is -0.337 e. The monoisotopic (exact) mass is 483 g/mol. The van der Waals surface area contributed by atoms with Gasteiger partial charge in [-0.3, -0.25) is 9.69 Å². The van der Waals surface area contributed by atoms with E-state index in [2.05, 4.69) is 11.0 Å². The first-order valence-electron chi connectivity index (χ1n) is 8.27. The summed E-state index contributed by atoms with van der Waals surface area (Å²) in [4.78, 5) is 17.8. The molecule has 0 spiro atoms. The largest absolute Gasteiger partial charge is 0.337 e. The number of halogens is 1. The van der Waals surface area contributed by atoms with Crippen LogP contribution in [0.1, 0.15) is 0 Å². The number of thioether (sulfide) groups is 2. The van der Waals surface area contributed by atoms with Gasteiger partial charge in [0.15, 0.2) is 5.17 Å². The number of benzene rings is 1. The van der Waals surface area contributed by atoms with Crippen molar-refractivity contribution in [2.24, 2.45) is 4.40 Å². The number of thiophene rings is 1. The van der Waals surface area contributed by atoms with Gasteiger partial charge in [0.05, 0.1) is 15.1 Å². The van der Waals surface area contributed by atoms with E-state index < -0.39 is 10.0 Å². The maximum atomic E-state index is 13.1. The normalized spacial score (nSPS) is 20.6. The molecule has 0 radical (unpaired) electrons. The number of para-hydroxylation sites is 1. The minimum atomic E-state index is -3.98. The van der Waals surface area contributed by atoms with E-state index in [1.54, 1.807) is 0 Å². The van der Waals surface area contributed by atoms with E-state index in [1.807, 2.05) is 36.2 Å². The molecule has 3 heterocycles. The average molecular weight is 484 g/mol. The van der Waals surface area contributed by atoms with Crippen molar-refractivity contribution in [3.8, 4) is 0 Å². The van der Waals surface area contributed by atoms with E-state index in [0.29, 0.717) is 9.24 Å². The molecule has 0 atom stereocenters. The second-order valence-corrected chi connectivity index (χ2v) is 11.5. The van der Waals surface area contributed by atoms with Gasteiger partial charge < -0.3 is 4.90 Å². The molecule has 1 aromatic heterocycles. The van der Waals surface area contributed by atoms with Gasteiger partial charge in [-0.15, -0.1) is 22.3 Å². The van der Waals surface area contributed by atoms with E-state index in [4.69, 9.17) is 11.6 Å². The van der Waals surface area contributed by atoms with Gasteiger partial charge in [-0.2, -0.15) is 8.42 Å². The SMILES string of the molecule is C=CCN1C(=O)C(=C2Sc3ccccc3N2C)SC1=NS(=O)(=O)c1ccc(Cl)s1. The van der Waals surface area contributed by atoms with Crippen LogP contribution in [0.4, 0.5) is 5.69 Å². The number of amides is 1. The minimum absolute atomic E-state index is 0.0301. The van der Waals surface area contributed by atoms with Crippen molar-refractivity contribution in [3.63, 3.8) is 0 Å². The molecule has 2 aliphatic heterocycles. The third-order valence-corrected chi connectivity index (χ3v) is 9.62. The number of hydrogen-bond donors (Lipinski definition) is 0. The highest BCUT2D eigenvalue weighted by atomic mass is 35.5. The summed E-state index contributed by atoms with van der Waals surface area (Å²) in [6.07, 6.45) is 1.54. The highest BCUT2D eigenvalue weighted by molar-refractivity contribution is 8.19. The van der Waals surface area contributed by atoms with Crippen molar-refractivity contribution >= 4 is 73.2 Å². The number of rotatable bonds is 4. The number of hydrogen-bond acceptors (Lipinski definition) is 7. The lowest BCUT2D eigenvalue weighted by atomic mass is 10.3. The second-order valence-electron chi connectivity index (χ2n) is 5.98. The first-order chi connectivity index (χ1) is 13.8. The Kier molecular flexibility index (Phi) is 5.56. The lowest BCUT2D eigenvalue weighted by Gasteiger charge is -2.15. The topological polar surface area (TPSA) is 70.1 Å². The Morgan fingerprint density at radius 2 is 1.97 bits per heavy atom. The summed E-state index contributed by atoms with van der Waals surface area (Å²) in [5.74, 6) is -0.296. The summed E-state index contributed by atoms with van der Waals surface area (Å²) >= 11 is 9.32. The van der Waals surface area contributed by atoms with Crippen molar-refractivity contribution in [1.82, 2.24) is 4.90 Å². The maximum Gasteiger partial charge on any atom is 0.294 e. The summed E-state index contributed by atoms with van der Waals surface area (Å²) in [6.45, 7) is 3.82. The van der Waals surface area contributed by atoms with Gasteiger partial charge in [0.2, 0.25) is 0 Å². The lowest BCUT2D eigenvalue weighted by molar-refractivity contribution is -0.121. The number of amidine groups is 1. The first-order valence-corrected chi connectivity index (χ1v) is 12.5. The molecule has 1 aromatic carbocycles. The van der Waals surface area contributed by atoms with Crippen molar-refractivity contribution in [2.75, 3.05) is 18.5 Å². The second kappa shape index (κ2) is 7.84. The highest BCUT2D eigenvalue weighted by Crippen LogP contribution is 2.49. The van der Waals surface area contributed by atoms with Crippen LogP contribution in [0, 0.1) is 0 Å². The van der Waals surface area contributed by atoms with Crippen LogP contribution in [0.5, 0.6) is 0 Å². The molecule has 0 saturated carbocycles. The van der Waals surface area contributed by atoms with Crippen LogP contribution in [0.15, 0.2) is 72.5 Å². The fraction of sp³-hybridized carbons (Fsp3) is 0.111. The van der Waals surface area contributed by atoms with Crippen molar-refractivity contribution in [3.05, 3.63) is 63.3 Å². The van der Waals surface area contributed by atoms with E-state index in [0.717, 1.165) is 38.7 Å². The fourth-order valence-corrected chi connectivity index (χ4v) is 7.77. The third kappa shape index (κ3) is 3.75. The zero-order valence-corrected chi connectivity index (χ0v) is 19.1. The van der Waals surface area contributed by atoms with E-state index in [-0.39, 0.29) is 21.8 Å². The molecule has 1 amide bonds. The Morgan fingerprint density at radius 1 is 1.21 bits per heavy atom. The van der Waals surface area contributed by atoms with E-state index in [1.165, 1.54) is 34.9 Å². The Balaban J connectivity index is 1.76. The van der Waals surface area contributed by atoms with Crippen LogP contribution in [0.2, 0.25) is 4.34 Å². The molecule has 11 heteroatoms. The number of sulfonamides is 1. The Morgan fingerprint density at radius 3 is 2.62 bits per heavy atom. The molecule has 0 bridgehead atoms. The van der Waals surface area contributed by atoms with Crippen LogP contribution in [-0.2, 0) is 14.8 Å². The van der Waals surface area contributed by atoms with Crippen LogP contribution >= 0.6 is 46.5 Å². The zero-order valence-electron chi connectivity index (χ0n) is 15.0. The fourth-order valence-electron chi connectivity index (χ4n) is 2.78. The number of fused-ring (bicyclic) bond motifs is 1. The molecule has 1 fully saturated rings. The number of anilines is 1. The van der Waals surface area contributed by atoms with Gasteiger partial charge >= 0.3 is 0 Å². The number of nitrogens with zero attached hydrogens (tertiary/aromatic N) is 3. The molecular formula is C18H14ClN3O3S4. The van der Waals surface area contributed by atoms with Crippen LogP contribution in [-0.4, -0.2) is 38.0 Å². The van der Waals surface area contributed by atoms with Gasteiger partial charge in [0.1, 0.15) is 9.11 Å². The van der Waals surface area contributed by atoms with Gasteiger partial charge in [-0.05, 0) is 36.0 Å². The van der Waals surface area contributed by atoms with Crippen molar-refractivity contribution in [2.45, 2.75) is 9.10 Å². The standard InChI is InChI=1S/C18H14ClN3O3S4/c1-3-10-22-16(23)15(17-21(2)11-6-4-5-7-12(11)26-17)28-18(22)20-29(24,25)14-9-8-13(19)27-14/h3-9H,1,10H2,2H3. The Bertz CT molecular complexity index is 1190. The molecule has 4 rings (SSSR count). The molecule has 0 aliphatic carbocycles. The van der Waals surface area contributed by atoms with Crippen LogP contribution in [0.25, 0.3) is 0 Å². The Hall–Kier alpha value is -1.72. The maximum absolute atomic E-state index is 13.1. The third-order valence-electron chi connectivity index (χ3n) is 4.11. The van der Waals surface area contributed by atoms with Crippen molar-refractivity contribution in [1.29, 1.82) is 0 Å². The molecule has 0 unspecified atom stereocenters.